The van der Waals surface area contributed by atoms with Crippen LogP contribution < -0.4 is 10.6 Å². The van der Waals surface area contributed by atoms with E-state index in [-0.39, 0.29) is 30.1 Å². The maximum Gasteiger partial charge on any atom is 0.191 e. The molecule has 1 fully saturated rings. The standard InChI is InChI=1S/C23H36N6OS.HI/c1-17-8-10-19(11-9-17)22-20(7-5-13-30-22)15-25-23(24-12-6-14-31-4)26-16-21-28-27-18(2)29(21)3;/h8-11,20,22H,5-7,12-16H2,1-4H3,(H2,24,25,26);1H. The van der Waals surface area contributed by atoms with Crippen LogP contribution in [0.1, 0.15) is 48.1 Å². The van der Waals surface area contributed by atoms with Gasteiger partial charge in [-0.1, -0.05) is 29.8 Å². The van der Waals surface area contributed by atoms with Crippen LogP contribution in [0.25, 0.3) is 0 Å². The largest absolute Gasteiger partial charge is 0.373 e. The van der Waals surface area contributed by atoms with Gasteiger partial charge < -0.3 is 19.9 Å². The summed E-state index contributed by atoms with van der Waals surface area (Å²) in [6, 6.07) is 8.73. The highest BCUT2D eigenvalue weighted by Crippen LogP contribution is 2.33. The summed E-state index contributed by atoms with van der Waals surface area (Å²) >= 11 is 1.86. The molecule has 9 heteroatoms. The predicted octanol–water partition coefficient (Wildman–Crippen LogP) is 4.01. The van der Waals surface area contributed by atoms with Crippen molar-refractivity contribution < 1.29 is 4.74 Å². The van der Waals surface area contributed by atoms with Crippen LogP contribution in [-0.4, -0.2) is 52.4 Å². The third-order valence-electron chi connectivity index (χ3n) is 5.76. The molecule has 1 aromatic carbocycles. The number of hydrogen-bond acceptors (Lipinski definition) is 5. The Hall–Kier alpha value is -1.33. The van der Waals surface area contributed by atoms with Gasteiger partial charge in [-0.25, -0.2) is 4.99 Å². The molecule has 2 unspecified atom stereocenters. The van der Waals surface area contributed by atoms with Crippen molar-refractivity contribution >= 4 is 41.7 Å². The Kier molecular flexibility index (Phi) is 11.8. The van der Waals surface area contributed by atoms with Crippen LogP contribution in [-0.2, 0) is 18.3 Å². The van der Waals surface area contributed by atoms with Crippen LogP contribution in [0.15, 0.2) is 29.3 Å². The number of aromatic nitrogens is 3. The van der Waals surface area contributed by atoms with Crippen molar-refractivity contribution in [1.29, 1.82) is 0 Å². The summed E-state index contributed by atoms with van der Waals surface area (Å²) in [7, 11) is 1.98. The van der Waals surface area contributed by atoms with E-state index in [2.05, 4.69) is 58.3 Å². The summed E-state index contributed by atoms with van der Waals surface area (Å²) < 4.78 is 8.17. The van der Waals surface area contributed by atoms with Crippen LogP contribution in [0.3, 0.4) is 0 Å². The van der Waals surface area contributed by atoms with E-state index in [0.29, 0.717) is 12.5 Å². The third kappa shape index (κ3) is 7.91. The lowest BCUT2D eigenvalue weighted by molar-refractivity contribution is -0.0265. The van der Waals surface area contributed by atoms with Crippen LogP contribution in [0, 0.1) is 19.8 Å². The van der Waals surface area contributed by atoms with Crippen molar-refractivity contribution in [2.45, 2.75) is 45.8 Å². The van der Waals surface area contributed by atoms with Gasteiger partial charge >= 0.3 is 0 Å². The first-order valence-electron chi connectivity index (χ1n) is 11.1. The van der Waals surface area contributed by atoms with E-state index >= 15 is 0 Å². The van der Waals surface area contributed by atoms with Gasteiger partial charge in [-0.05, 0) is 50.7 Å². The molecular weight excluding hydrogens is 535 g/mol. The lowest BCUT2D eigenvalue weighted by atomic mass is 9.89. The zero-order valence-corrected chi connectivity index (χ0v) is 22.8. The quantitative estimate of drug-likeness (QED) is 0.205. The van der Waals surface area contributed by atoms with Gasteiger partial charge in [0, 0.05) is 32.7 Å². The Morgan fingerprint density at radius 1 is 1.22 bits per heavy atom. The maximum atomic E-state index is 6.19. The molecule has 7 nitrogen and oxygen atoms in total. The first kappa shape index (κ1) is 26.9. The lowest BCUT2D eigenvalue weighted by Gasteiger charge is -2.32. The third-order valence-corrected chi connectivity index (χ3v) is 6.46. The molecule has 2 N–H and O–H groups in total. The van der Waals surface area contributed by atoms with E-state index in [1.807, 2.05) is 30.3 Å². The molecule has 178 valence electrons. The minimum atomic E-state index is 0. The minimum Gasteiger partial charge on any atom is -0.373 e. The number of aliphatic imine (C=N–C) groups is 1. The fourth-order valence-electron chi connectivity index (χ4n) is 3.74. The molecule has 2 atom stereocenters. The molecule has 0 aliphatic carbocycles. The van der Waals surface area contributed by atoms with Crippen LogP contribution in [0.4, 0.5) is 0 Å². The van der Waals surface area contributed by atoms with Gasteiger partial charge in [0.1, 0.15) is 12.4 Å². The van der Waals surface area contributed by atoms with Gasteiger partial charge in [0.05, 0.1) is 6.10 Å². The van der Waals surface area contributed by atoms with Crippen molar-refractivity contribution in [2.24, 2.45) is 18.0 Å². The molecule has 0 radical (unpaired) electrons. The minimum absolute atomic E-state index is 0. The maximum absolute atomic E-state index is 6.19. The Bertz CT molecular complexity index is 842. The smallest absolute Gasteiger partial charge is 0.191 e. The molecule has 0 saturated carbocycles. The molecule has 2 heterocycles. The van der Waals surface area contributed by atoms with Crippen molar-refractivity contribution in [3.05, 3.63) is 47.0 Å². The molecule has 1 aromatic heterocycles. The highest BCUT2D eigenvalue weighted by molar-refractivity contribution is 14.0. The van der Waals surface area contributed by atoms with E-state index < -0.39 is 0 Å². The Morgan fingerprint density at radius 3 is 2.69 bits per heavy atom. The number of thioether (sulfide) groups is 1. The van der Waals surface area contributed by atoms with Gasteiger partial charge in [0.2, 0.25) is 0 Å². The summed E-state index contributed by atoms with van der Waals surface area (Å²) in [5, 5.41) is 15.4. The number of benzene rings is 1. The lowest BCUT2D eigenvalue weighted by Crippen LogP contribution is -2.42. The summed E-state index contributed by atoms with van der Waals surface area (Å²) in [4.78, 5) is 4.78. The SMILES string of the molecule is CSCCCNC(=NCc1nnc(C)n1C)NCC1CCCOC1c1ccc(C)cc1.I. The monoisotopic (exact) mass is 572 g/mol. The summed E-state index contributed by atoms with van der Waals surface area (Å²) in [6.45, 7) is 7.12. The summed E-state index contributed by atoms with van der Waals surface area (Å²) in [5.74, 6) is 4.13. The molecule has 0 spiro atoms. The van der Waals surface area contributed by atoms with Crippen molar-refractivity contribution in [3.8, 4) is 0 Å². The first-order valence-corrected chi connectivity index (χ1v) is 12.5. The van der Waals surface area contributed by atoms with E-state index in [9.17, 15) is 0 Å². The van der Waals surface area contributed by atoms with Crippen LogP contribution in [0.2, 0.25) is 0 Å². The number of halogens is 1. The zero-order valence-electron chi connectivity index (χ0n) is 19.6. The normalized spacial score (nSPS) is 18.8. The van der Waals surface area contributed by atoms with Gasteiger partial charge in [-0.3, -0.25) is 0 Å². The second-order valence-corrected chi connectivity index (χ2v) is 9.13. The highest BCUT2D eigenvalue weighted by atomic mass is 127. The molecule has 1 aliphatic heterocycles. The second-order valence-electron chi connectivity index (χ2n) is 8.15. The van der Waals surface area contributed by atoms with Gasteiger partial charge in [0.25, 0.3) is 0 Å². The van der Waals surface area contributed by atoms with Gasteiger partial charge in [0.15, 0.2) is 11.8 Å². The molecule has 32 heavy (non-hydrogen) atoms. The molecule has 3 rings (SSSR count). The van der Waals surface area contributed by atoms with E-state index in [0.717, 1.165) is 62.3 Å². The Balaban J connectivity index is 0.00000363. The number of ether oxygens (including phenoxy) is 1. The fraction of sp³-hybridized carbons (Fsp3) is 0.609. The number of guanidine groups is 1. The molecule has 0 amide bonds. The first-order chi connectivity index (χ1) is 15.1. The molecule has 0 bridgehead atoms. The van der Waals surface area contributed by atoms with Gasteiger partial charge in [-0.15, -0.1) is 34.2 Å². The number of rotatable bonds is 9. The van der Waals surface area contributed by atoms with E-state index in [4.69, 9.17) is 9.73 Å². The Morgan fingerprint density at radius 2 is 2.00 bits per heavy atom. The van der Waals surface area contributed by atoms with Crippen molar-refractivity contribution in [1.82, 2.24) is 25.4 Å². The Labute approximate surface area is 213 Å². The average molecular weight is 573 g/mol. The molecule has 1 saturated heterocycles. The van der Waals surface area contributed by atoms with Crippen LogP contribution >= 0.6 is 35.7 Å². The number of nitrogens with one attached hydrogen (secondary N) is 2. The zero-order chi connectivity index (χ0) is 22.1. The van der Waals surface area contributed by atoms with Crippen molar-refractivity contribution in [2.75, 3.05) is 31.7 Å². The van der Waals surface area contributed by atoms with E-state index in [1.54, 1.807) is 0 Å². The second kappa shape index (κ2) is 14.0. The molecule has 2 aromatic rings. The predicted molar refractivity (Wildman–Crippen MR) is 144 cm³/mol. The number of nitrogens with zero attached hydrogens (tertiary/aromatic N) is 4. The van der Waals surface area contributed by atoms with Gasteiger partial charge in [-0.2, -0.15) is 11.8 Å². The molecular formula is C23H37IN6OS. The highest BCUT2D eigenvalue weighted by Gasteiger charge is 2.27. The summed E-state index contributed by atoms with van der Waals surface area (Å²) in [5.41, 5.74) is 2.54. The number of aryl methyl sites for hydroxylation is 2. The number of hydrogen-bond donors (Lipinski definition) is 2. The summed E-state index contributed by atoms with van der Waals surface area (Å²) in [6.07, 6.45) is 5.61. The average Bonchev–Trinajstić information content (AvgIpc) is 3.11. The van der Waals surface area contributed by atoms with Crippen molar-refractivity contribution in [3.63, 3.8) is 0 Å². The van der Waals surface area contributed by atoms with Crippen LogP contribution in [0.5, 0.6) is 0 Å². The van der Waals surface area contributed by atoms with E-state index in [1.165, 1.54) is 11.1 Å². The fourth-order valence-corrected chi connectivity index (χ4v) is 4.17. The topological polar surface area (TPSA) is 76.4 Å². The molecule has 1 aliphatic rings.